The summed E-state index contributed by atoms with van der Waals surface area (Å²) < 4.78 is 11.2. The van der Waals surface area contributed by atoms with Crippen LogP contribution in [0.15, 0.2) is 46.9 Å². The van der Waals surface area contributed by atoms with Crippen LogP contribution in [0.4, 0.5) is 5.69 Å². The van der Waals surface area contributed by atoms with Crippen LogP contribution in [-0.2, 0) is 6.54 Å². The molecule has 0 unspecified atom stereocenters. The van der Waals surface area contributed by atoms with Crippen LogP contribution in [0.2, 0.25) is 5.02 Å². The van der Waals surface area contributed by atoms with Gasteiger partial charge in [0.25, 0.3) is 0 Å². The summed E-state index contributed by atoms with van der Waals surface area (Å²) in [5.41, 5.74) is 2.93. The van der Waals surface area contributed by atoms with Crippen LogP contribution in [0, 0.1) is 6.92 Å². The highest BCUT2D eigenvalue weighted by molar-refractivity contribution is 6.30. The van der Waals surface area contributed by atoms with E-state index in [9.17, 15) is 0 Å². The molecular weight excluding hydrogens is 286 g/mol. The molecule has 0 aliphatic rings. The van der Waals surface area contributed by atoms with Crippen molar-refractivity contribution in [2.24, 2.45) is 0 Å². The second kappa shape index (κ2) is 5.70. The Bertz CT molecular complexity index is 780. The highest BCUT2D eigenvalue weighted by atomic mass is 35.5. The van der Waals surface area contributed by atoms with Crippen LogP contribution < -0.4 is 10.1 Å². The van der Waals surface area contributed by atoms with Crippen LogP contribution >= 0.6 is 11.6 Å². The molecule has 21 heavy (non-hydrogen) atoms. The summed E-state index contributed by atoms with van der Waals surface area (Å²) in [6.45, 7) is 2.64. The van der Waals surface area contributed by atoms with Gasteiger partial charge in [0.05, 0.1) is 13.7 Å². The van der Waals surface area contributed by atoms with Crippen molar-refractivity contribution < 1.29 is 9.15 Å². The minimum absolute atomic E-state index is 0.596. The minimum atomic E-state index is 0.596. The first-order chi connectivity index (χ1) is 10.2. The van der Waals surface area contributed by atoms with E-state index >= 15 is 0 Å². The second-order valence-corrected chi connectivity index (χ2v) is 5.34. The van der Waals surface area contributed by atoms with Gasteiger partial charge in [0.15, 0.2) is 11.3 Å². The van der Waals surface area contributed by atoms with Gasteiger partial charge in [0, 0.05) is 16.1 Å². The van der Waals surface area contributed by atoms with E-state index in [2.05, 4.69) is 5.32 Å². The molecule has 3 rings (SSSR count). The number of halogens is 1. The number of rotatable bonds is 4. The highest BCUT2D eigenvalue weighted by Crippen LogP contribution is 2.29. The molecule has 1 aromatic heterocycles. The zero-order valence-electron chi connectivity index (χ0n) is 11.9. The van der Waals surface area contributed by atoms with Gasteiger partial charge in [-0.2, -0.15) is 0 Å². The quantitative estimate of drug-likeness (QED) is 0.735. The van der Waals surface area contributed by atoms with Crippen LogP contribution in [0.5, 0.6) is 5.75 Å². The molecule has 0 saturated carbocycles. The summed E-state index contributed by atoms with van der Waals surface area (Å²) in [6, 6.07) is 13.7. The van der Waals surface area contributed by atoms with Gasteiger partial charge in [-0.25, -0.2) is 0 Å². The van der Waals surface area contributed by atoms with Crippen LogP contribution in [0.1, 0.15) is 11.3 Å². The lowest BCUT2D eigenvalue weighted by atomic mass is 10.2. The molecule has 0 aliphatic heterocycles. The second-order valence-electron chi connectivity index (χ2n) is 4.90. The summed E-state index contributed by atoms with van der Waals surface area (Å²) in [5, 5.41) is 5.10. The van der Waals surface area contributed by atoms with Gasteiger partial charge >= 0.3 is 0 Å². The number of benzene rings is 2. The van der Waals surface area contributed by atoms with Gasteiger partial charge < -0.3 is 14.5 Å². The van der Waals surface area contributed by atoms with E-state index in [0.717, 1.165) is 38.8 Å². The van der Waals surface area contributed by atoms with Gasteiger partial charge in [0.1, 0.15) is 5.76 Å². The molecule has 1 heterocycles. The third kappa shape index (κ3) is 2.83. The molecule has 0 fully saturated rings. The molecule has 0 atom stereocenters. The number of hydrogen-bond acceptors (Lipinski definition) is 3. The fraction of sp³-hybridized carbons (Fsp3) is 0.176. The Morgan fingerprint density at radius 2 is 2.05 bits per heavy atom. The first kappa shape index (κ1) is 13.8. The third-order valence-corrected chi connectivity index (χ3v) is 3.67. The van der Waals surface area contributed by atoms with E-state index in [1.807, 2.05) is 49.4 Å². The number of hydrogen-bond donors (Lipinski definition) is 1. The largest absolute Gasteiger partial charge is 0.493 e. The Hall–Kier alpha value is -2.13. The highest BCUT2D eigenvalue weighted by Gasteiger charge is 2.08. The van der Waals surface area contributed by atoms with E-state index < -0.39 is 0 Å². The van der Waals surface area contributed by atoms with E-state index in [-0.39, 0.29) is 0 Å². The van der Waals surface area contributed by atoms with Crippen LogP contribution in [-0.4, -0.2) is 7.11 Å². The summed E-state index contributed by atoms with van der Waals surface area (Å²) in [6.07, 6.45) is 0. The Kier molecular flexibility index (Phi) is 3.76. The maximum absolute atomic E-state index is 6.02. The monoisotopic (exact) mass is 301 g/mol. The molecule has 0 amide bonds. The molecule has 0 saturated heterocycles. The summed E-state index contributed by atoms with van der Waals surface area (Å²) >= 11 is 6.02. The molecule has 0 spiro atoms. The van der Waals surface area contributed by atoms with E-state index in [4.69, 9.17) is 20.8 Å². The van der Waals surface area contributed by atoms with Crippen molar-refractivity contribution in [2.45, 2.75) is 13.5 Å². The average Bonchev–Trinajstić information content (AvgIpc) is 2.91. The lowest BCUT2D eigenvalue weighted by Crippen LogP contribution is -1.99. The molecule has 3 nitrogen and oxygen atoms in total. The smallest absolute Gasteiger partial charge is 0.176 e. The van der Waals surface area contributed by atoms with Crippen molar-refractivity contribution in [1.29, 1.82) is 0 Å². The third-order valence-electron chi connectivity index (χ3n) is 3.43. The number of nitrogens with one attached hydrogen (secondary N) is 1. The SMILES string of the molecule is COc1cccc2cc(CNc3cc(Cl)ccc3C)oc12. The van der Waals surface area contributed by atoms with Crippen molar-refractivity contribution in [3.05, 3.63) is 58.8 Å². The van der Waals surface area contributed by atoms with Gasteiger partial charge in [-0.1, -0.05) is 29.8 Å². The molecule has 108 valence electrons. The number of fused-ring (bicyclic) bond motifs is 1. The van der Waals surface area contributed by atoms with Crippen molar-refractivity contribution >= 4 is 28.3 Å². The topological polar surface area (TPSA) is 34.4 Å². The Morgan fingerprint density at radius 1 is 1.19 bits per heavy atom. The van der Waals surface area contributed by atoms with E-state index in [1.165, 1.54) is 0 Å². The molecule has 0 radical (unpaired) electrons. The van der Waals surface area contributed by atoms with Crippen molar-refractivity contribution in [3.8, 4) is 5.75 Å². The Labute approximate surface area is 128 Å². The van der Waals surface area contributed by atoms with Gasteiger partial charge in [-0.15, -0.1) is 0 Å². The maximum atomic E-state index is 6.02. The molecule has 0 bridgehead atoms. The molecular formula is C17H16ClNO2. The molecule has 4 heteroatoms. The molecule has 2 aromatic carbocycles. The molecule has 0 aliphatic carbocycles. The number of ether oxygens (including phenoxy) is 1. The lowest BCUT2D eigenvalue weighted by Gasteiger charge is -2.08. The molecule has 3 aromatic rings. The Balaban J connectivity index is 1.84. The summed E-state index contributed by atoms with van der Waals surface area (Å²) in [5.74, 6) is 1.60. The molecule has 1 N–H and O–H groups in total. The zero-order chi connectivity index (χ0) is 14.8. The number of anilines is 1. The standard InChI is InChI=1S/C17H16ClNO2/c1-11-6-7-13(18)9-15(11)19-10-14-8-12-4-3-5-16(20-2)17(12)21-14/h3-9,19H,10H2,1-2H3. The maximum Gasteiger partial charge on any atom is 0.176 e. The zero-order valence-corrected chi connectivity index (χ0v) is 12.7. The van der Waals surface area contributed by atoms with Crippen molar-refractivity contribution in [3.63, 3.8) is 0 Å². The number of furan rings is 1. The van der Waals surface area contributed by atoms with Crippen LogP contribution in [0.3, 0.4) is 0 Å². The predicted octanol–water partition coefficient (Wildman–Crippen LogP) is 5.02. The average molecular weight is 302 g/mol. The number of aryl methyl sites for hydroxylation is 1. The van der Waals surface area contributed by atoms with E-state index in [1.54, 1.807) is 7.11 Å². The predicted molar refractivity (Wildman–Crippen MR) is 86.3 cm³/mol. The fourth-order valence-electron chi connectivity index (χ4n) is 2.30. The normalized spacial score (nSPS) is 10.8. The van der Waals surface area contributed by atoms with Gasteiger partial charge in [0.2, 0.25) is 0 Å². The summed E-state index contributed by atoms with van der Waals surface area (Å²) in [7, 11) is 1.64. The van der Waals surface area contributed by atoms with Crippen LogP contribution in [0.25, 0.3) is 11.0 Å². The van der Waals surface area contributed by atoms with Gasteiger partial charge in [-0.3, -0.25) is 0 Å². The van der Waals surface area contributed by atoms with E-state index in [0.29, 0.717) is 6.54 Å². The van der Waals surface area contributed by atoms with Gasteiger partial charge in [-0.05, 0) is 36.8 Å². The summed E-state index contributed by atoms with van der Waals surface area (Å²) in [4.78, 5) is 0. The number of para-hydroxylation sites is 1. The van der Waals surface area contributed by atoms with Crippen molar-refractivity contribution in [2.75, 3.05) is 12.4 Å². The first-order valence-electron chi connectivity index (χ1n) is 6.73. The van der Waals surface area contributed by atoms with Crippen molar-refractivity contribution in [1.82, 2.24) is 0 Å². The fourth-order valence-corrected chi connectivity index (χ4v) is 2.48. The lowest BCUT2D eigenvalue weighted by molar-refractivity contribution is 0.408. The first-order valence-corrected chi connectivity index (χ1v) is 7.10. The number of methoxy groups -OCH3 is 1. The minimum Gasteiger partial charge on any atom is -0.493 e. The Morgan fingerprint density at radius 3 is 2.86 bits per heavy atom.